The number of nitrogens with zero attached hydrogens (tertiary/aromatic N) is 2. The molecule has 23 heavy (non-hydrogen) atoms. The number of hydrogen-bond acceptors (Lipinski definition) is 6. The summed E-state index contributed by atoms with van der Waals surface area (Å²) in [5.74, 6) is -0.0774. The van der Waals surface area contributed by atoms with Gasteiger partial charge in [-0.2, -0.15) is 0 Å². The van der Waals surface area contributed by atoms with Crippen LogP contribution in [-0.4, -0.2) is 32.7 Å². The fourth-order valence-corrected chi connectivity index (χ4v) is 3.65. The molecule has 1 amide bonds. The van der Waals surface area contributed by atoms with Gasteiger partial charge < -0.3 is 10.3 Å². The predicted molar refractivity (Wildman–Crippen MR) is 93.1 cm³/mol. The largest absolute Gasteiger partial charge is 0.355 e. The Morgan fingerprint density at radius 1 is 1.48 bits per heavy atom. The average molecular weight is 352 g/mol. The molecule has 0 spiro atoms. The molecule has 0 bridgehead atoms. The lowest BCUT2D eigenvalue weighted by molar-refractivity contribution is -0.120. The number of carbonyl (C=O) groups is 1. The van der Waals surface area contributed by atoms with Crippen LogP contribution in [-0.2, 0) is 17.6 Å². The average Bonchev–Trinajstić information content (AvgIpc) is 2.94. The summed E-state index contributed by atoms with van der Waals surface area (Å²) in [6.45, 7) is 6.17. The van der Waals surface area contributed by atoms with E-state index in [4.69, 9.17) is 0 Å². The van der Waals surface area contributed by atoms with Crippen molar-refractivity contribution in [3.8, 4) is 0 Å². The van der Waals surface area contributed by atoms with Gasteiger partial charge in [-0.1, -0.05) is 18.7 Å². The van der Waals surface area contributed by atoms with Crippen molar-refractivity contribution >= 4 is 29.0 Å². The van der Waals surface area contributed by atoms with Crippen LogP contribution in [0.2, 0.25) is 0 Å². The lowest BCUT2D eigenvalue weighted by atomic mass is 10.3. The molecule has 0 saturated heterocycles. The molecular formula is C15H20N4O2S2. The van der Waals surface area contributed by atoms with Gasteiger partial charge in [0.25, 0.3) is 5.56 Å². The number of amides is 1. The number of rotatable bonds is 7. The maximum absolute atomic E-state index is 12.1. The third-order valence-corrected chi connectivity index (χ3v) is 5.05. The Balaban J connectivity index is 1.81. The van der Waals surface area contributed by atoms with Crippen LogP contribution in [0.3, 0.4) is 0 Å². The minimum atomic E-state index is -0.331. The summed E-state index contributed by atoms with van der Waals surface area (Å²) in [6, 6.07) is 1.42. The second-order valence-corrected chi connectivity index (χ2v) is 7.35. The SMILES string of the molecule is CCc1csc(CCNC(=O)[C@H](C)Sc2nc(C)cc(=O)[nH]2)n1. The van der Waals surface area contributed by atoms with Gasteiger partial charge in [-0.3, -0.25) is 9.59 Å². The second-order valence-electron chi connectivity index (χ2n) is 5.08. The summed E-state index contributed by atoms with van der Waals surface area (Å²) < 4.78 is 0. The van der Waals surface area contributed by atoms with E-state index in [2.05, 4.69) is 32.6 Å². The highest BCUT2D eigenvalue weighted by Crippen LogP contribution is 2.18. The van der Waals surface area contributed by atoms with Crippen molar-refractivity contribution in [2.24, 2.45) is 0 Å². The first-order valence-electron chi connectivity index (χ1n) is 7.43. The number of carbonyl (C=O) groups excluding carboxylic acids is 1. The van der Waals surface area contributed by atoms with Gasteiger partial charge in [-0.05, 0) is 20.3 Å². The van der Waals surface area contributed by atoms with Gasteiger partial charge in [0.05, 0.1) is 16.0 Å². The third-order valence-electron chi connectivity index (χ3n) is 3.11. The zero-order valence-electron chi connectivity index (χ0n) is 13.4. The molecule has 2 aromatic heterocycles. The van der Waals surface area contributed by atoms with Crippen LogP contribution in [0.15, 0.2) is 21.4 Å². The van der Waals surface area contributed by atoms with E-state index in [1.54, 1.807) is 25.2 Å². The second kappa shape index (κ2) is 8.26. The molecule has 0 aliphatic heterocycles. The first kappa shape index (κ1) is 17.7. The Morgan fingerprint density at radius 2 is 2.26 bits per heavy atom. The Morgan fingerprint density at radius 3 is 2.91 bits per heavy atom. The quantitative estimate of drug-likeness (QED) is 0.587. The minimum absolute atomic E-state index is 0.0774. The minimum Gasteiger partial charge on any atom is -0.355 e. The monoisotopic (exact) mass is 352 g/mol. The van der Waals surface area contributed by atoms with Crippen LogP contribution in [0.5, 0.6) is 0 Å². The van der Waals surface area contributed by atoms with Crippen LogP contribution in [0.1, 0.15) is 30.2 Å². The summed E-state index contributed by atoms with van der Waals surface area (Å²) in [6.07, 6.45) is 1.66. The molecular weight excluding hydrogens is 332 g/mol. The number of hydrogen-bond donors (Lipinski definition) is 2. The smallest absolute Gasteiger partial charge is 0.251 e. The molecule has 0 aliphatic carbocycles. The van der Waals surface area contributed by atoms with E-state index < -0.39 is 0 Å². The van der Waals surface area contributed by atoms with E-state index >= 15 is 0 Å². The molecule has 2 aromatic rings. The normalized spacial score (nSPS) is 12.1. The molecule has 0 fully saturated rings. The van der Waals surface area contributed by atoms with Crippen LogP contribution < -0.4 is 10.9 Å². The van der Waals surface area contributed by atoms with E-state index in [-0.39, 0.29) is 16.7 Å². The van der Waals surface area contributed by atoms with Crippen LogP contribution in [0.25, 0.3) is 0 Å². The number of aryl methyl sites for hydroxylation is 2. The number of H-pyrrole nitrogens is 1. The van der Waals surface area contributed by atoms with Crippen molar-refractivity contribution in [1.82, 2.24) is 20.3 Å². The molecule has 8 heteroatoms. The van der Waals surface area contributed by atoms with Crippen LogP contribution in [0, 0.1) is 6.92 Å². The summed E-state index contributed by atoms with van der Waals surface area (Å²) in [5.41, 5.74) is 1.53. The zero-order chi connectivity index (χ0) is 16.8. The van der Waals surface area contributed by atoms with Crippen LogP contribution >= 0.6 is 23.1 Å². The van der Waals surface area contributed by atoms with Crippen molar-refractivity contribution in [2.45, 2.75) is 44.0 Å². The van der Waals surface area contributed by atoms with Gasteiger partial charge in [-0.25, -0.2) is 9.97 Å². The molecule has 2 rings (SSSR count). The van der Waals surface area contributed by atoms with Gasteiger partial charge in [0.2, 0.25) is 5.91 Å². The van der Waals surface area contributed by atoms with Crippen LogP contribution in [0.4, 0.5) is 0 Å². The maximum Gasteiger partial charge on any atom is 0.251 e. The Labute approximate surface area is 143 Å². The van der Waals surface area contributed by atoms with Crippen molar-refractivity contribution in [2.75, 3.05) is 6.54 Å². The van der Waals surface area contributed by atoms with E-state index in [9.17, 15) is 9.59 Å². The summed E-state index contributed by atoms with van der Waals surface area (Å²) in [7, 11) is 0. The van der Waals surface area contributed by atoms with Gasteiger partial charge in [0, 0.05) is 30.1 Å². The zero-order valence-corrected chi connectivity index (χ0v) is 15.0. The molecule has 124 valence electrons. The van der Waals surface area contributed by atoms with E-state index in [1.165, 1.54) is 17.8 Å². The molecule has 6 nitrogen and oxygen atoms in total. The van der Waals surface area contributed by atoms with Crippen molar-refractivity contribution < 1.29 is 4.79 Å². The lowest BCUT2D eigenvalue weighted by Gasteiger charge is -2.11. The van der Waals surface area contributed by atoms with Gasteiger partial charge in [0.15, 0.2) is 5.16 Å². The molecule has 1 atom stereocenters. The number of thioether (sulfide) groups is 1. The molecule has 2 N–H and O–H groups in total. The summed E-state index contributed by atoms with van der Waals surface area (Å²) >= 11 is 2.86. The highest BCUT2D eigenvalue weighted by molar-refractivity contribution is 8.00. The Kier molecular flexibility index (Phi) is 6.35. The van der Waals surface area contributed by atoms with Gasteiger partial charge >= 0.3 is 0 Å². The van der Waals surface area contributed by atoms with Gasteiger partial charge in [-0.15, -0.1) is 11.3 Å². The molecule has 0 aromatic carbocycles. The molecule has 2 heterocycles. The van der Waals surface area contributed by atoms with E-state index in [0.717, 1.165) is 23.5 Å². The summed E-state index contributed by atoms with van der Waals surface area (Å²) in [4.78, 5) is 34.8. The highest BCUT2D eigenvalue weighted by atomic mass is 32.2. The Hall–Kier alpha value is -1.67. The first-order valence-corrected chi connectivity index (χ1v) is 9.19. The fourth-order valence-electron chi connectivity index (χ4n) is 1.89. The number of thiazole rings is 1. The van der Waals surface area contributed by atoms with Crippen molar-refractivity contribution in [3.05, 3.63) is 38.2 Å². The third kappa shape index (κ3) is 5.47. The number of nitrogens with one attached hydrogen (secondary N) is 2. The van der Waals surface area contributed by atoms with Crippen molar-refractivity contribution in [3.63, 3.8) is 0 Å². The maximum atomic E-state index is 12.1. The lowest BCUT2D eigenvalue weighted by Crippen LogP contribution is -2.32. The van der Waals surface area contributed by atoms with E-state index in [1.807, 2.05) is 0 Å². The van der Waals surface area contributed by atoms with Gasteiger partial charge in [0.1, 0.15) is 0 Å². The highest BCUT2D eigenvalue weighted by Gasteiger charge is 2.15. The fraction of sp³-hybridized carbons (Fsp3) is 0.467. The standard InChI is InChI=1S/C15H20N4O2S2/c1-4-11-8-22-13(18-11)5-6-16-14(21)10(3)23-15-17-9(2)7-12(20)19-15/h7-8,10H,4-6H2,1-3H3,(H,16,21)(H,17,19,20)/t10-/m0/s1. The first-order chi connectivity index (χ1) is 11.0. The molecule has 0 saturated carbocycles. The Bertz CT molecular complexity index is 726. The van der Waals surface area contributed by atoms with Crippen molar-refractivity contribution in [1.29, 1.82) is 0 Å². The number of aromatic nitrogens is 3. The predicted octanol–water partition coefficient (Wildman–Crippen LogP) is 1.94. The molecule has 0 aliphatic rings. The molecule has 0 unspecified atom stereocenters. The number of aromatic amines is 1. The summed E-state index contributed by atoms with van der Waals surface area (Å²) in [5, 5.41) is 6.11. The van der Waals surface area contributed by atoms with E-state index in [0.29, 0.717) is 17.4 Å². The molecule has 0 radical (unpaired) electrons. The topological polar surface area (TPSA) is 87.7 Å².